The fourth-order valence-corrected chi connectivity index (χ4v) is 2.10. The quantitative estimate of drug-likeness (QED) is 0.897. The van der Waals surface area contributed by atoms with Crippen LogP contribution in [0.3, 0.4) is 0 Å². The second-order valence-electron chi connectivity index (χ2n) is 5.25. The van der Waals surface area contributed by atoms with E-state index in [1.165, 1.54) is 12.1 Å². The van der Waals surface area contributed by atoms with Crippen LogP contribution in [0, 0.1) is 19.7 Å². The minimum absolute atomic E-state index is 0.0884. The molecule has 0 saturated heterocycles. The van der Waals surface area contributed by atoms with Gasteiger partial charge >= 0.3 is 0 Å². The lowest BCUT2D eigenvalue weighted by Gasteiger charge is -2.18. The summed E-state index contributed by atoms with van der Waals surface area (Å²) in [5.74, 6) is -0.662. The second kappa shape index (κ2) is 7.07. The molecule has 0 heterocycles. The number of carbonyl (C=O) groups excluding carboxylic acids is 1. The maximum absolute atomic E-state index is 13.6. The van der Waals surface area contributed by atoms with Crippen molar-refractivity contribution in [2.24, 2.45) is 0 Å². The van der Waals surface area contributed by atoms with E-state index in [1.54, 1.807) is 12.1 Å². The summed E-state index contributed by atoms with van der Waals surface area (Å²) in [6, 6.07) is 11.9. The van der Waals surface area contributed by atoms with Crippen molar-refractivity contribution in [3.05, 3.63) is 59.4 Å². The van der Waals surface area contributed by atoms with Crippen LogP contribution in [0.4, 0.5) is 10.1 Å². The lowest BCUT2D eigenvalue weighted by Crippen LogP contribution is -2.32. The van der Waals surface area contributed by atoms with Gasteiger partial charge in [-0.25, -0.2) is 4.39 Å². The maximum Gasteiger partial charge on any atom is 0.265 e. The summed E-state index contributed by atoms with van der Waals surface area (Å²) in [7, 11) is 0. The molecule has 0 bridgehead atoms. The Balaban J connectivity index is 2.12. The molecule has 2 aromatic carbocycles. The summed E-state index contributed by atoms with van der Waals surface area (Å²) in [5.41, 5.74) is 2.78. The van der Waals surface area contributed by atoms with Gasteiger partial charge in [-0.1, -0.05) is 31.2 Å². The first kappa shape index (κ1) is 16.0. The zero-order chi connectivity index (χ0) is 16.1. The smallest absolute Gasteiger partial charge is 0.265 e. The predicted molar refractivity (Wildman–Crippen MR) is 85.7 cm³/mol. The van der Waals surface area contributed by atoms with E-state index in [0.29, 0.717) is 6.42 Å². The SMILES string of the molecule is CC[C@@H](Oc1ccccc1F)C(=O)Nc1cc(C)ccc1C. The number of carbonyl (C=O) groups is 1. The van der Waals surface area contributed by atoms with Gasteiger partial charge in [0, 0.05) is 5.69 Å². The Labute approximate surface area is 130 Å². The number of anilines is 1. The second-order valence-corrected chi connectivity index (χ2v) is 5.25. The molecule has 1 N–H and O–H groups in total. The number of aryl methyl sites for hydroxylation is 2. The molecule has 0 aliphatic heterocycles. The molecule has 0 aliphatic carbocycles. The first-order valence-electron chi connectivity index (χ1n) is 7.30. The Morgan fingerprint density at radius 2 is 1.95 bits per heavy atom. The molecule has 1 amide bonds. The van der Waals surface area contributed by atoms with Crippen molar-refractivity contribution in [2.75, 3.05) is 5.32 Å². The van der Waals surface area contributed by atoms with Crippen LogP contribution in [0.5, 0.6) is 5.75 Å². The van der Waals surface area contributed by atoms with Crippen LogP contribution in [0.15, 0.2) is 42.5 Å². The average Bonchev–Trinajstić information content (AvgIpc) is 2.50. The van der Waals surface area contributed by atoms with Crippen molar-refractivity contribution >= 4 is 11.6 Å². The third-order valence-corrected chi connectivity index (χ3v) is 3.42. The number of amides is 1. The van der Waals surface area contributed by atoms with Crippen LogP contribution < -0.4 is 10.1 Å². The Hall–Kier alpha value is -2.36. The number of ether oxygens (including phenoxy) is 1. The Kier molecular flexibility index (Phi) is 5.15. The van der Waals surface area contributed by atoms with E-state index in [9.17, 15) is 9.18 Å². The van der Waals surface area contributed by atoms with Crippen LogP contribution in [-0.2, 0) is 4.79 Å². The first-order valence-corrected chi connectivity index (χ1v) is 7.30. The normalized spacial score (nSPS) is 11.8. The zero-order valence-electron chi connectivity index (χ0n) is 13.0. The molecule has 3 nitrogen and oxygen atoms in total. The van der Waals surface area contributed by atoms with Crippen LogP contribution in [0.2, 0.25) is 0 Å². The summed E-state index contributed by atoms with van der Waals surface area (Å²) in [6.45, 7) is 5.71. The maximum atomic E-state index is 13.6. The van der Waals surface area contributed by atoms with Crippen molar-refractivity contribution in [1.29, 1.82) is 0 Å². The van der Waals surface area contributed by atoms with E-state index in [1.807, 2.05) is 39.0 Å². The standard InChI is InChI=1S/C18H20FNO2/c1-4-16(22-17-8-6-5-7-14(17)19)18(21)20-15-11-12(2)9-10-13(15)3/h5-11,16H,4H2,1-3H3,(H,20,21)/t16-/m1/s1. The highest BCUT2D eigenvalue weighted by molar-refractivity contribution is 5.95. The summed E-state index contributed by atoms with van der Waals surface area (Å²) < 4.78 is 19.1. The molecule has 0 spiro atoms. The summed E-state index contributed by atoms with van der Waals surface area (Å²) in [4.78, 5) is 12.4. The Bertz CT molecular complexity index is 670. The lowest BCUT2D eigenvalue weighted by atomic mass is 10.1. The van der Waals surface area contributed by atoms with Crippen molar-refractivity contribution < 1.29 is 13.9 Å². The number of benzene rings is 2. The van der Waals surface area contributed by atoms with Gasteiger partial charge in [0.25, 0.3) is 5.91 Å². The molecular formula is C18H20FNO2. The predicted octanol–water partition coefficient (Wildman–Crippen LogP) is 4.24. The van der Waals surface area contributed by atoms with Gasteiger partial charge in [0.05, 0.1) is 0 Å². The molecule has 2 rings (SSSR count). The van der Waals surface area contributed by atoms with E-state index >= 15 is 0 Å². The van der Waals surface area contributed by atoms with Gasteiger partial charge in [-0.3, -0.25) is 4.79 Å². The van der Waals surface area contributed by atoms with Crippen LogP contribution in [0.1, 0.15) is 24.5 Å². The van der Waals surface area contributed by atoms with E-state index < -0.39 is 11.9 Å². The number of para-hydroxylation sites is 1. The molecule has 1 atom stereocenters. The number of hydrogen-bond donors (Lipinski definition) is 1. The minimum Gasteiger partial charge on any atom is -0.478 e. The molecule has 0 aliphatic rings. The highest BCUT2D eigenvalue weighted by atomic mass is 19.1. The van der Waals surface area contributed by atoms with Gasteiger partial charge in [0.1, 0.15) is 0 Å². The van der Waals surface area contributed by atoms with Crippen molar-refractivity contribution in [3.63, 3.8) is 0 Å². The number of halogens is 1. The van der Waals surface area contributed by atoms with E-state index in [-0.39, 0.29) is 11.7 Å². The van der Waals surface area contributed by atoms with Crippen molar-refractivity contribution in [1.82, 2.24) is 0 Å². The molecular weight excluding hydrogens is 281 g/mol. The largest absolute Gasteiger partial charge is 0.478 e. The van der Waals surface area contributed by atoms with Crippen LogP contribution >= 0.6 is 0 Å². The van der Waals surface area contributed by atoms with E-state index in [0.717, 1.165) is 16.8 Å². The lowest BCUT2D eigenvalue weighted by molar-refractivity contribution is -0.122. The Morgan fingerprint density at radius 1 is 1.23 bits per heavy atom. The van der Waals surface area contributed by atoms with Gasteiger partial charge in [-0.2, -0.15) is 0 Å². The summed E-state index contributed by atoms with van der Waals surface area (Å²) in [5, 5.41) is 2.86. The zero-order valence-corrected chi connectivity index (χ0v) is 13.0. The highest BCUT2D eigenvalue weighted by Crippen LogP contribution is 2.20. The topological polar surface area (TPSA) is 38.3 Å². The van der Waals surface area contributed by atoms with Gasteiger partial charge < -0.3 is 10.1 Å². The van der Waals surface area contributed by atoms with Gasteiger partial charge in [-0.15, -0.1) is 0 Å². The third kappa shape index (κ3) is 3.85. The molecule has 116 valence electrons. The highest BCUT2D eigenvalue weighted by Gasteiger charge is 2.20. The average molecular weight is 301 g/mol. The molecule has 0 aromatic heterocycles. The van der Waals surface area contributed by atoms with Crippen molar-refractivity contribution in [3.8, 4) is 5.75 Å². The number of nitrogens with one attached hydrogen (secondary N) is 1. The molecule has 2 aromatic rings. The summed E-state index contributed by atoms with van der Waals surface area (Å²) in [6.07, 6.45) is -0.290. The fraction of sp³-hybridized carbons (Fsp3) is 0.278. The Morgan fingerprint density at radius 3 is 2.64 bits per heavy atom. The third-order valence-electron chi connectivity index (χ3n) is 3.42. The van der Waals surface area contributed by atoms with Crippen molar-refractivity contribution in [2.45, 2.75) is 33.3 Å². The number of hydrogen-bond acceptors (Lipinski definition) is 2. The molecule has 0 fully saturated rings. The monoisotopic (exact) mass is 301 g/mol. The molecule has 0 unspecified atom stereocenters. The van der Waals surface area contributed by atoms with Gasteiger partial charge in [0.2, 0.25) is 0 Å². The van der Waals surface area contributed by atoms with E-state index in [4.69, 9.17) is 4.74 Å². The fourth-order valence-electron chi connectivity index (χ4n) is 2.10. The molecule has 22 heavy (non-hydrogen) atoms. The molecule has 4 heteroatoms. The van der Waals surface area contributed by atoms with Crippen LogP contribution in [-0.4, -0.2) is 12.0 Å². The van der Waals surface area contributed by atoms with Gasteiger partial charge in [0.15, 0.2) is 17.7 Å². The molecule has 0 saturated carbocycles. The summed E-state index contributed by atoms with van der Waals surface area (Å²) >= 11 is 0. The molecule has 0 radical (unpaired) electrons. The van der Waals surface area contributed by atoms with Crippen LogP contribution in [0.25, 0.3) is 0 Å². The van der Waals surface area contributed by atoms with E-state index in [2.05, 4.69) is 5.32 Å². The number of rotatable bonds is 5. The first-order chi connectivity index (χ1) is 10.5. The van der Waals surface area contributed by atoms with Gasteiger partial charge in [-0.05, 0) is 49.6 Å². The minimum atomic E-state index is -0.739.